The Balaban J connectivity index is 2.09. The first-order valence-corrected chi connectivity index (χ1v) is 15.1. The fourth-order valence-electron chi connectivity index (χ4n) is 5.18. The summed E-state index contributed by atoms with van der Waals surface area (Å²) in [7, 11) is 0.116. The van der Waals surface area contributed by atoms with Crippen molar-refractivity contribution in [1.29, 1.82) is 0 Å². The molecule has 0 bridgehead atoms. The molecule has 6 heteroatoms. The van der Waals surface area contributed by atoms with Crippen molar-refractivity contribution in [2.45, 2.75) is 58.0 Å². The van der Waals surface area contributed by atoms with Crippen LogP contribution in [0.2, 0.25) is 5.04 Å². The largest absolute Gasteiger partial charge is 0.493 e. The Bertz CT molecular complexity index is 1100. The summed E-state index contributed by atoms with van der Waals surface area (Å²) in [6.45, 7) is 9.61. The van der Waals surface area contributed by atoms with Crippen LogP contribution < -0.4 is 25.6 Å². The van der Waals surface area contributed by atoms with Gasteiger partial charge in [0.1, 0.15) is 0 Å². The Labute approximate surface area is 223 Å². The van der Waals surface area contributed by atoms with E-state index in [0.717, 1.165) is 39.9 Å². The van der Waals surface area contributed by atoms with E-state index in [4.69, 9.17) is 19.9 Å². The van der Waals surface area contributed by atoms with Gasteiger partial charge in [0.15, 0.2) is 11.5 Å². The lowest BCUT2D eigenvalue weighted by atomic mass is 9.92. The van der Waals surface area contributed by atoms with Gasteiger partial charge >= 0.3 is 0 Å². The summed E-state index contributed by atoms with van der Waals surface area (Å²) in [5.41, 5.74) is 9.56. The molecule has 3 aromatic carbocycles. The van der Waals surface area contributed by atoms with Crippen LogP contribution in [0.3, 0.4) is 0 Å². The number of hydrogen-bond acceptors (Lipinski definition) is 5. The van der Waals surface area contributed by atoms with Crippen LogP contribution in [0.1, 0.15) is 56.3 Å². The SMILES string of the molecule is CCCCOC[C@H](N)c1cc(CC(C)(C)[Si](O)(c2ccccc2)c2ccccc2)c(C)c(OC)c1OC. The summed E-state index contributed by atoms with van der Waals surface area (Å²) < 4.78 is 17.5. The third-order valence-electron chi connectivity index (χ3n) is 7.36. The molecule has 0 aromatic heterocycles. The molecule has 3 N–H and O–H groups in total. The van der Waals surface area contributed by atoms with Crippen molar-refractivity contribution in [3.8, 4) is 11.5 Å². The van der Waals surface area contributed by atoms with Gasteiger partial charge < -0.3 is 24.7 Å². The third kappa shape index (κ3) is 6.09. The first kappa shape index (κ1) is 28.9. The fraction of sp³-hybridized carbons (Fsp3) is 0.419. The van der Waals surface area contributed by atoms with E-state index in [2.05, 4.69) is 51.1 Å². The molecule has 200 valence electrons. The molecule has 37 heavy (non-hydrogen) atoms. The standard InChI is InChI=1S/C31H43NO4Si/c1-7-8-19-36-22-28(32)27-20-24(23(2)29(34-5)30(27)35-6)21-31(3,4)37(33,25-15-11-9-12-16-25)26-17-13-10-14-18-26/h9-18,20,28,33H,7-8,19,21-22,32H2,1-6H3/t28-/m0/s1. The third-order valence-corrected chi connectivity index (χ3v) is 11.8. The van der Waals surface area contributed by atoms with Gasteiger partial charge in [-0.3, -0.25) is 0 Å². The maximum atomic E-state index is 12.6. The maximum Gasteiger partial charge on any atom is 0.258 e. The molecule has 0 spiro atoms. The number of unbranched alkanes of at least 4 members (excludes halogenated alkanes) is 1. The number of hydrogen-bond donors (Lipinski definition) is 2. The lowest BCUT2D eigenvalue weighted by Crippen LogP contribution is -2.65. The predicted octanol–water partition coefficient (Wildman–Crippen LogP) is 4.90. The van der Waals surface area contributed by atoms with Crippen molar-refractivity contribution >= 4 is 18.7 Å². The van der Waals surface area contributed by atoms with Crippen molar-refractivity contribution < 1.29 is 19.0 Å². The Morgan fingerprint density at radius 1 is 0.919 bits per heavy atom. The molecule has 0 unspecified atom stereocenters. The van der Waals surface area contributed by atoms with Crippen LogP contribution in [0.5, 0.6) is 11.5 Å². The van der Waals surface area contributed by atoms with Crippen molar-refractivity contribution in [3.05, 3.63) is 83.4 Å². The normalized spacial score (nSPS) is 12.9. The summed E-state index contributed by atoms with van der Waals surface area (Å²) in [6.07, 6.45) is 2.72. The molecule has 3 aromatic rings. The number of ether oxygens (including phenoxy) is 3. The van der Waals surface area contributed by atoms with Crippen LogP contribution >= 0.6 is 0 Å². The highest BCUT2D eigenvalue weighted by Crippen LogP contribution is 2.44. The van der Waals surface area contributed by atoms with Crippen molar-refractivity contribution in [3.63, 3.8) is 0 Å². The van der Waals surface area contributed by atoms with E-state index in [1.807, 2.05) is 43.3 Å². The minimum atomic E-state index is -3.19. The van der Waals surface area contributed by atoms with Gasteiger partial charge in [0.25, 0.3) is 8.32 Å². The molecule has 3 rings (SSSR count). The Morgan fingerprint density at radius 3 is 1.95 bits per heavy atom. The first-order chi connectivity index (χ1) is 17.7. The smallest absolute Gasteiger partial charge is 0.258 e. The summed E-state index contributed by atoms with van der Waals surface area (Å²) >= 11 is 0. The maximum absolute atomic E-state index is 12.6. The molecule has 0 heterocycles. The van der Waals surface area contributed by atoms with E-state index < -0.39 is 13.4 Å². The van der Waals surface area contributed by atoms with E-state index in [9.17, 15) is 4.80 Å². The van der Waals surface area contributed by atoms with Crippen LogP contribution in [0.15, 0.2) is 66.7 Å². The van der Waals surface area contributed by atoms with Crippen molar-refractivity contribution in [1.82, 2.24) is 0 Å². The van der Waals surface area contributed by atoms with Gasteiger partial charge in [-0.25, -0.2) is 0 Å². The van der Waals surface area contributed by atoms with Gasteiger partial charge in [-0.05, 0) is 52.4 Å². The lowest BCUT2D eigenvalue weighted by molar-refractivity contribution is 0.117. The Kier molecular flexibility index (Phi) is 9.96. The zero-order chi connectivity index (χ0) is 27.1. The van der Waals surface area contributed by atoms with Gasteiger partial charge in [-0.2, -0.15) is 0 Å². The van der Waals surface area contributed by atoms with E-state index >= 15 is 0 Å². The second kappa shape index (κ2) is 12.7. The molecular formula is C31H43NO4Si. The molecule has 0 aliphatic rings. The monoisotopic (exact) mass is 521 g/mol. The van der Waals surface area contributed by atoms with Crippen LogP contribution in [-0.2, 0) is 11.2 Å². The van der Waals surface area contributed by atoms with Gasteiger partial charge in [0, 0.05) is 12.2 Å². The molecule has 0 aliphatic heterocycles. The number of rotatable bonds is 13. The number of benzene rings is 3. The predicted molar refractivity (Wildman–Crippen MR) is 155 cm³/mol. The second-order valence-electron chi connectivity index (χ2n) is 10.4. The molecule has 5 nitrogen and oxygen atoms in total. The van der Waals surface area contributed by atoms with Gasteiger partial charge in [-0.15, -0.1) is 0 Å². The highest BCUT2D eigenvalue weighted by Gasteiger charge is 2.50. The van der Waals surface area contributed by atoms with E-state index in [1.165, 1.54) is 0 Å². The van der Waals surface area contributed by atoms with Crippen molar-refractivity contribution in [2.24, 2.45) is 5.73 Å². The molecule has 0 amide bonds. The molecule has 0 fully saturated rings. The summed E-state index contributed by atoms with van der Waals surface area (Å²) in [4.78, 5) is 12.6. The lowest BCUT2D eigenvalue weighted by Gasteiger charge is -2.42. The number of nitrogens with two attached hydrogens (primary N) is 1. The molecular weight excluding hydrogens is 478 g/mol. The topological polar surface area (TPSA) is 73.9 Å². The van der Waals surface area contributed by atoms with Gasteiger partial charge in [-0.1, -0.05) is 87.9 Å². The highest BCUT2D eigenvalue weighted by atomic mass is 28.4. The second-order valence-corrected chi connectivity index (χ2v) is 14.3. The summed E-state index contributed by atoms with van der Waals surface area (Å²) in [5, 5.41) is 1.52. The minimum Gasteiger partial charge on any atom is -0.493 e. The molecule has 1 atom stereocenters. The van der Waals surface area contributed by atoms with E-state index in [1.54, 1.807) is 14.2 Å². The average Bonchev–Trinajstić information content (AvgIpc) is 2.92. The zero-order valence-electron chi connectivity index (χ0n) is 23.2. The van der Waals surface area contributed by atoms with Crippen LogP contribution in [0.25, 0.3) is 0 Å². The van der Waals surface area contributed by atoms with E-state index in [-0.39, 0.29) is 6.04 Å². The fourth-order valence-corrected chi connectivity index (χ4v) is 8.87. The Hall–Kier alpha value is -2.64. The molecule has 0 aliphatic carbocycles. The first-order valence-electron chi connectivity index (χ1n) is 13.1. The van der Waals surface area contributed by atoms with E-state index in [0.29, 0.717) is 31.1 Å². The number of methoxy groups -OCH3 is 2. The summed E-state index contributed by atoms with van der Waals surface area (Å²) in [5.74, 6) is 1.33. The Morgan fingerprint density at radius 2 is 1.46 bits per heavy atom. The summed E-state index contributed by atoms with van der Waals surface area (Å²) in [6, 6.07) is 22.0. The quantitative estimate of drug-likeness (QED) is 0.247. The van der Waals surface area contributed by atoms with Crippen LogP contribution in [0.4, 0.5) is 0 Å². The molecule has 0 radical (unpaired) electrons. The van der Waals surface area contributed by atoms with Crippen molar-refractivity contribution in [2.75, 3.05) is 27.4 Å². The highest BCUT2D eigenvalue weighted by molar-refractivity contribution is 6.98. The van der Waals surface area contributed by atoms with Crippen LogP contribution in [0, 0.1) is 6.92 Å². The van der Waals surface area contributed by atoms with Crippen LogP contribution in [-0.4, -0.2) is 40.5 Å². The zero-order valence-corrected chi connectivity index (χ0v) is 24.2. The van der Waals surface area contributed by atoms with Gasteiger partial charge in [0.2, 0.25) is 0 Å². The average molecular weight is 522 g/mol. The minimum absolute atomic E-state index is 0.359. The molecule has 0 saturated carbocycles. The molecule has 0 saturated heterocycles. The van der Waals surface area contributed by atoms with Gasteiger partial charge in [0.05, 0.1) is 26.9 Å².